The molecule has 1 saturated heterocycles. The Morgan fingerprint density at radius 2 is 2.06 bits per heavy atom. The van der Waals surface area contributed by atoms with E-state index in [1.165, 1.54) is 23.5 Å². The van der Waals surface area contributed by atoms with E-state index in [1.54, 1.807) is 0 Å². The SMILES string of the molecule is CN(CC1CCCO1)S(=O)(=O)c1ccc(F)cc1. The minimum absolute atomic E-state index is 0.0368. The first-order valence-corrected chi connectivity index (χ1v) is 7.27. The number of hydrogen-bond acceptors (Lipinski definition) is 3. The van der Waals surface area contributed by atoms with Crippen LogP contribution in [0.4, 0.5) is 4.39 Å². The van der Waals surface area contributed by atoms with Gasteiger partial charge in [0.1, 0.15) is 5.82 Å². The molecule has 18 heavy (non-hydrogen) atoms. The molecule has 0 amide bonds. The third-order valence-corrected chi connectivity index (χ3v) is 4.84. The lowest BCUT2D eigenvalue weighted by Gasteiger charge is -2.20. The summed E-state index contributed by atoms with van der Waals surface area (Å²) >= 11 is 0. The van der Waals surface area contributed by atoms with Crippen molar-refractivity contribution in [1.82, 2.24) is 4.31 Å². The van der Waals surface area contributed by atoms with Crippen molar-refractivity contribution in [2.75, 3.05) is 20.2 Å². The quantitative estimate of drug-likeness (QED) is 0.837. The number of rotatable bonds is 4. The number of likely N-dealkylation sites (N-methyl/N-ethyl adjacent to an activating group) is 1. The Bertz CT molecular complexity index is 495. The number of ether oxygens (including phenoxy) is 1. The summed E-state index contributed by atoms with van der Waals surface area (Å²) in [7, 11) is -2.04. The molecule has 2 rings (SSSR count). The summed E-state index contributed by atoms with van der Waals surface area (Å²) < 4.78 is 43.8. The summed E-state index contributed by atoms with van der Waals surface area (Å²) in [6, 6.07) is 4.84. The second-order valence-electron chi connectivity index (χ2n) is 4.37. The summed E-state index contributed by atoms with van der Waals surface area (Å²) in [5, 5.41) is 0. The van der Waals surface area contributed by atoms with Crippen LogP contribution in [-0.4, -0.2) is 39.0 Å². The average molecular weight is 273 g/mol. The Labute approximate surface area is 106 Å². The standard InChI is InChI=1S/C12H16FNO3S/c1-14(9-11-3-2-8-17-11)18(15,16)12-6-4-10(13)5-7-12/h4-7,11H,2-3,8-9H2,1H3. The van der Waals surface area contributed by atoms with Crippen LogP contribution in [0.15, 0.2) is 29.2 Å². The molecule has 4 nitrogen and oxygen atoms in total. The largest absolute Gasteiger partial charge is 0.377 e. The Balaban J connectivity index is 2.11. The van der Waals surface area contributed by atoms with E-state index in [4.69, 9.17) is 4.74 Å². The van der Waals surface area contributed by atoms with Gasteiger partial charge < -0.3 is 4.74 Å². The lowest BCUT2D eigenvalue weighted by Crippen LogP contribution is -2.34. The molecule has 0 bridgehead atoms. The molecule has 100 valence electrons. The Morgan fingerprint density at radius 3 is 2.61 bits per heavy atom. The van der Waals surface area contributed by atoms with Crippen molar-refractivity contribution in [2.24, 2.45) is 0 Å². The van der Waals surface area contributed by atoms with Gasteiger partial charge in [-0.25, -0.2) is 12.8 Å². The van der Waals surface area contributed by atoms with Crippen molar-refractivity contribution in [3.8, 4) is 0 Å². The van der Waals surface area contributed by atoms with E-state index in [-0.39, 0.29) is 11.0 Å². The molecule has 0 N–H and O–H groups in total. The normalized spacial score (nSPS) is 20.5. The molecule has 1 aliphatic rings. The van der Waals surface area contributed by atoms with E-state index in [1.807, 2.05) is 0 Å². The van der Waals surface area contributed by atoms with Crippen LogP contribution in [-0.2, 0) is 14.8 Å². The van der Waals surface area contributed by atoms with Gasteiger partial charge in [0, 0.05) is 20.2 Å². The van der Waals surface area contributed by atoms with Gasteiger partial charge in [-0.2, -0.15) is 4.31 Å². The second-order valence-corrected chi connectivity index (χ2v) is 6.42. The monoisotopic (exact) mass is 273 g/mol. The van der Waals surface area contributed by atoms with Gasteiger partial charge in [-0.05, 0) is 37.1 Å². The molecule has 1 aromatic rings. The highest BCUT2D eigenvalue weighted by atomic mass is 32.2. The molecule has 1 fully saturated rings. The minimum atomic E-state index is -3.56. The van der Waals surface area contributed by atoms with E-state index in [0.29, 0.717) is 13.2 Å². The predicted molar refractivity (Wildman–Crippen MR) is 65.2 cm³/mol. The molecule has 0 radical (unpaired) electrons. The molecule has 1 unspecified atom stereocenters. The summed E-state index contributed by atoms with van der Waals surface area (Å²) in [5.74, 6) is -0.448. The van der Waals surface area contributed by atoms with Crippen LogP contribution in [0.25, 0.3) is 0 Å². The van der Waals surface area contributed by atoms with Crippen molar-refractivity contribution in [2.45, 2.75) is 23.8 Å². The summed E-state index contributed by atoms with van der Waals surface area (Å²) in [4.78, 5) is 0.101. The number of halogens is 1. The van der Waals surface area contributed by atoms with E-state index in [0.717, 1.165) is 25.0 Å². The first kappa shape index (κ1) is 13.5. The maximum absolute atomic E-state index is 12.8. The Kier molecular flexibility index (Phi) is 3.99. The fourth-order valence-corrected chi connectivity index (χ4v) is 3.16. The molecular formula is C12H16FNO3S. The van der Waals surface area contributed by atoms with Crippen LogP contribution in [0.3, 0.4) is 0 Å². The van der Waals surface area contributed by atoms with Crippen molar-refractivity contribution in [3.05, 3.63) is 30.1 Å². The topological polar surface area (TPSA) is 46.6 Å². The first-order valence-electron chi connectivity index (χ1n) is 5.83. The molecule has 1 atom stereocenters. The van der Waals surface area contributed by atoms with Crippen molar-refractivity contribution >= 4 is 10.0 Å². The third-order valence-electron chi connectivity index (χ3n) is 3.01. The third kappa shape index (κ3) is 2.88. The van der Waals surface area contributed by atoms with Crippen molar-refractivity contribution < 1.29 is 17.5 Å². The number of nitrogens with zero attached hydrogens (tertiary/aromatic N) is 1. The zero-order chi connectivity index (χ0) is 13.2. The van der Waals surface area contributed by atoms with Gasteiger partial charge in [0.2, 0.25) is 10.0 Å². The molecule has 1 heterocycles. The predicted octanol–water partition coefficient (Wildman–Crippen LogP) is 1.63. The maximum atomic E-state index is 12.8. The molecule has 0 aliphatic carbocycles. The van der Waals surface area contributed by atoms with Crippen LogP contribution in [0, 0.1) is 5.82 Å². The zero-order valence-electron chi connectivity index (χ0n) is 10.2. The van der Waals surface area contributed by atoms with Crippen LogP contribution in [0.1, 0.15) is 12.8 Å². The van der Waals surface area contributed by atoms with E-state index in [9.17, 15) is 12.8 Å². The molecular weight excluding hydrogens is 257 g/mol. The lowest BCUT2D eigenvalue weighted by atomic mass is 10.2. The van der Waals surface area contributed by atoms with Crippen LogP contribution in [0.2, 0.25) is 0 Å². The first-order chi connectivity index (χ1) is 8.50. The second kappa shape index (κ2) is 5.34. The number of sulfonamides is 1. The highest BCUT2D eigenvalue weighted by Crippen LogP contribution is 2.18. The summed E-state index contributed by atoms with van der Waals surface area (Å²) in [5.41, 5.74) is 0. The molecule has 1 aliphatic heterocycles. The van der Waals surface area contributed by atoms with E-state index in [2.05, 4.69) is 0 Å². The van der Waals surface area contributed by atoms with Gasteiger partial charge in [0.15, 0.2) is 0 Å². The zero-order valence-corrected chi connectivity index (χ0v) is 11.0. The highest BCUT2D eigenvalue weighted by molar-refractivity contribution is 7.89. The van der Waals surface area contributed by atoms with Crippen molar-refractivity contribution in [3.63, 3.8) is 0 Å². The molecule has 1 aromatic carbocycles. The molecule has 6 heteroatoms. The van der Waals surface area contributed by atoms with Crippen LogP contribution >= 0.6 is 0 Å². The molecule has 0 saturated carbocycles. The van der Waals surface area contributed by atoms with Gasteiger partial charge in [0.25, 0.3) is 0 Å². The van der Waals surface area contributed by atoms with E-state index >= 15 is 0 Å². The van der Waals surface area contributed by atoms with Gasteiger partial charge in [-0.15, -0.1) is 0 Å². The Hall–Kier alpha value is -0.980. The fraction of sp³-hybridized carbons (Fsp3) is 0.500. The van der Waals surface area contributed by atoms with Gasteiger partial charge in [-0.3, -0.25) is 0 Å². The Morgan fingerprint density at radius 1 is 1.39 bits per heavy atom. The number of hydrogen-bond donors (Lipinski definition) is 0. The van der Waals surface area contributed by atoms with Crippen LogP contribution < -0.4 is 0 Å². The van der Waals surface area contributed by atoms with Crippen molar-refractivity contribution in [1.29, 1.82) is 0 Å². The fourth-order valence-electron chi connectivity index (χ4n) is 1.96. The molecule has 0 spiro atoms. The smallest absolute Gasteiger partial charge is 0.242 e. The minimum Gasteiger partial charge on any atom is -0.377 e. The van der Waals surface area contributed by atoms with Gasteiger partial charge >= 0.3 is 0 Å². The van der Waals surface area contributed by atoms with Crippen LogP contribution in [0.5, 0.6) is 0 Å². The number of benzene rings is 1. The van der Waals surface area contributed by atoms with Gasteiger partial charge in [0.05, 0.1) is 11.0 Å². The van der Waals surface area contributed by atoms with Gasteiger partial charge in [-0.1, -0.05) is 0 Å². The lowest BCUT2D eigenvalue weighted by molar-refractivity contribution is 0.0979. The average Bonchev–Trinajstić information content (AvgIpc) is 2.82. The summed E-state index contributed by atoms with van der Waals surface area (Å²) in [6.45, 7) is 1.02. The summed E-state index contributed by atoms with van der Waals surface area (Å²) in [6.07, 6.45) is 1.81. The highest BCUT2D eigenvalue weighted by Gasteiger charge is 2.25. The maximum Gasteiger partial charge on any atom is 0.242 e. The molecule has 0 aromatic heterocycles. The van der Waals surface area contributed by atoms with E-state index < -0.39 is 15.8 Å².